The number of rotatable bonds is 8. The number of benzene rings is 2. The van der Waals surface area contributed by atoms with Gasteiger partial charge in [-0.15, -0.1) is 0 Å². The molecule has 0 saturated carbocycles. The fourth-order valence-electron chi connectivity index (χ4n) is 2.72. The van der Waals surface area contributed by atoms with Gasteiger partial charge in [-0.2, -0.15) is 0 Å². The molecule has 0 radical (unpaired) electrons. The molecule has 0 aromatic heterocycles. The van der Waals surface area contributed by atoms with Crippen molar-refractivity contribution in [3.63, 3.8) is 0 Å². The number of nitrogens with one attached hydrogen (secondary N) is 1. The number of hydrogen-bond donors (Lipinski definition) is 3. The summed E-state index contributed by atoms with van der Waals surface area (Å²) in [4.78, 5) is 34.4. The molecule has 6 nitrogen and oxygen atoms in total. The Kier molecular flexibility index (Phi) is 6.49. The predicted octanol–water partition coefficient (Wildman–Crippen LogP) is 3.68. The van der Waals surface area contributed by atoms with Gasteiger partial charge in [0.25, 0.3) is 0 Å². The van der Waals surface area contributed by atoms with Gasteiger partial charge in [0.1, 0.15) is 0 Å². The van der Waals surface area contributed by atoms with Crippen LogP contribution in [0.15, 0.2) is 48.5 Å². The number of carbonyl (C=O) groups excluding carboxylic acids is 1. The van der Waals surface area contributed by atoms with E-state index in [9.17, 15) is 14.4 Å². The van der Waals surface area contributed by atoms with E-state index in [0.29, 0.717) is 6.42 Å². The number of aromatic carboxylic acids is 2. The van der Waals surface area contributed by atoms with Crippen LogP contribution in [0.4, 0.5) is 5.69 Å². The van der Waals surface area contributed by atoms with Crippen LogP contribution < -0.4 is 5.32 Å². The summed E-state index contributed by atoms with van der Waals surface area (Å²) in [5.41, 5.74) is 1.52. The van der Waals surface area contributed by atoms with Crippen molar-refractivity contribution in [2.75, 3.05) is 5.32 Å². The van der Waals surface area contributed by atoms with Gasteiger partial charge in [-0.3, -0.25) is 4.79 Å². The molecule has 0 aliphatic rings. The van der Waals surface area contributed by atoms with Gasteiger partial charge < -0.3 is 15.5 Å². The van der Waals surface area contributed by atoms with E-state index in [-0.39, 0.29) is 35.1 Å². The molecule has 6 heteroatoms. The van der Waals surface area contributed by atoms with Crippen molar-refractivity contribution in [3.8, 4) is 0 Å². The van der Waals surface area contributed by atoms with E-state index in [4.69, 9.17) is 10.2 Å². The van der Waals surface area contributed by atoms with Crippen molar-refractivity contribution in [1.29, 1.82) is 0 Å². The quantitative estimate of drug-likeness (QED) is 0.670. The lowest BCUT2D eigenvalue weighted by atomic mass is 9.93. The van der Waals surface area contributed by atoms with Gasteiger partial charge in [0, 0.05) is 6.42 Å². The van der Waals surface area contributed by atoms with Crippen LogP contribution in [0.5, 0.6) is 0 Å². The van der Waals surface area contributed by atoms with Crippen LogP contribution in [0.2, 0.25) is 0 Å². The number of amides is 1. The summed E-state index contributed by atoms with van der Waals surface area (Å²) in [5.74, 6) is -2.23. The largest absolute Gasteiger partial charge is 0.478 e. The normalized spacial score (nSPS) is 11.6. The molecule has 26 heavy (non-hydrogen) atoms. The first-order chi connectivity index (χ1) is 12.4. The molecular weight excluding hydrogens is 334 g/mol. The molecule has 2 aromatic rings. The minimum Gasteiger partial charge on any atom is -0.478 e. The van der Waals surface area contributed by atoms with Crippen LogP contribution in [-0.4, -0.2) is 28.1 Å². The van der Waals surface area contributed by atoms with Gasteiger partial charge in [-0.25, -0.2) is 9.59 Å². The van der Waals surface area contributed by atoms with Crippen LogP contribution in [0.25, 0.3) is 0 Å². The zero-order valence-corrected chi connectivity index (χ0v) is 14.4. The summed E-state index contributed by atoms with van der Waals surface area (Å²) in [6.45, 7) is 1.98. The zero-order chi connectivity index (χ0) is 19.1. The lowest BCUT2D eigenvalue weighted by Gasteiger charge is -2.15. The highest BCUT2D eigenvalue weighted by atomic mass is 16.4. The Labute approximate surface area is 151 Å². The molecule has 3 N–H and O–H groups in total. The number of carbonyl (C=O) groups is 3. The summed E-state index contributed by atoms with van der Waals surface area (Å²) >= 11 is 0. The van der Waals surface area contributed by atoms with E-state index < -0.39 is 11.9 Å². The van der Waals surface area contributed by atoms with Crippen LogP contribution in [0, 0.1) is 5.92 Å². The Morgan fingerprint density at radius 2 is 1.62 bits per heavy atom. The molecule has 2 rings (SSSR count). The van der Waals surface area contributed by atoms with Gasteiger partial charge in [0.05, 0.1) is 16.8 Å². The Morgan fingerprint density at radius 1 is 0.962 bits per heavy atom. The number of anilines is 1. The second kappa shape index (κ2) is 8.80. The number of hydrogen-bond acceptors (Lipinski definition) is 3. The molecule has 0 fully saturated rings. The first-order valence-electron chi connectivity index (χ1n) is 8.35. The summed E-state index contributed by atoms with van der Waals surface area (Å²) in [5, 5.41) is 20.8. The van der Waals surface area contributed by atoms with E-state index in [0.717, 1.165) is 12.0 Å². The Bertz CT molecular complexity index is 798. The van der Waals surface area contributed by atoms with Gasteiger partial charge in [-0.1, -0.05) is 37.6 Å². The van der Waals surface area contributed by atoms with Crippen LogP contribution in [0.3, 0.4) is 0 Å². The molecular formula is C20H21NO5. The summed E-state index contributed by atoms with van der Waals surface area (Å²) in [6.07, 6.45) is 1.67. The number of para-hydroxylation sites is 1. The van der Waals surface area contributed by atoms with Crippen LogP contribution in [-0.2, 0) is 11.2 Å². The highest BCUT2D eigenvalue weighted by Gasteiger charge is 2.16. The van der Waals surface area contributed by atoms with Gasteiger partial charge >= 0.3 is 11.9 Å². The van der Waals surface area contributed by atoms with Crippen molar-refractivity contribution in [2.45, 2.75) is 26.2 Å². The SMILES string of the molecule is CCC(CC(=O)Nc1ccccc1C(=O)O)Cc1ccc(C(=O)O)cc1. The first-order valence-corrected chi connectivity index (χ1v) is 8.35. The average Bonchev–Trinajstić information content (AvgIpc) is 2.61. The first kappa shape index (κ1) is 19.2. The molecule has 1 unspecified atom stereocenters. The number of carboxylic acid groups (broad SMARTS) is 2. The van der Waals surface area contributed by atoms with Crippen molar-refractivity contribution in [3.05, 3.63) is 65.2 Å². The second-order valence-corrected chi connectivity index (χ2v) is 6.08. The lowest BCUT2D eigenvalue weighted by molar-refractivity contribution is -0.117. The second-order valence-electron chi connectivity index (χ2n) is 6.08. The summed E-state index contributed by atoms with van der Waals surface area (Å²) in [7, 11) is 0. The Balaban J connectivity index is 2.00. The third-order valence-corrected chi connectivity index (χ3v) is 4.21. The van der Waals surface area contributed by atoms with Crippen molar-refractivity contribution >= 4 is 23.5 Å². The minimum atomic E-state index is -1.09. The fraction of sp³-hybridized carbons (Fsp3) is 0.250. The molecule has 1 atom stereocenters. The molecule has 0 aliphatic carbocycles. The van der Waals surface area contributed by atoms with E-state index in [1.54, 1.807) is 42.5 Å². The number of carboxylic acids is 2. The smallest absolute Gasteiger partial charge is 0.337 e. The maximum Gasteiger partial charge on any atom is 0.337 e. The fourth-order valence-corrected chi connectivity index (χ4v) is 2.72. The molecule has 0 heterocycles. The van der Waals surface area contributed by atoms with Crippen molar-refractivity contribution in [2.24, 2.45) is 5.92 Å². The summed E-state index contributed by atoms with van der Waals surface area (Å²) < 4.78 is 0. The molecule has 0 spiro atoms. The molecule has 0 bridgehead atoms. The predicted molar refractivity (Wildman–Crippen MR) is 97.5 cm³/mol. The third kappa shape index (κ3) is 5.17. The van der Waals surface area contributed by atoms with Crippen molar-refractivity contribution < 1.29 is 24.6 Å². The third-order valence-electron chi connectivity index (χ3n) is 4.21. The molecule has 2 aromatic carbocycles. The Morgan fingerprint density at radius 3 is 2.19 bits per heavy atom. The molecule has 1 amide bonds. The maximum atomic E-state index is 12.3. The standard InChI is InChI=1S/C20H21NO5/c1-2-13(11-14-7-9-15(10-8-14)19(23)24)12-18(22)21-17-6-4-3-5-16(17)20(25)26/h3-10,13H,2,11-12H2,1H3,(H,21,22)(H,23,24)(H,25,26). The minimum absolute atomic E-state index is 0.0538. The van der Waals surface area contributed by atoms with Gasteiger partial charge in [0.2, 0.25) is 5.91 Å². The van der Waals surface area contributed by atoms with E-state index >= 15 is 0 Å². The van der Waals surface area contributed by atoms with E-state index in [2.05, 4.69) is 5.32 Å². The monoisotopic (exact) mass is 355 g/mol. The molecule has 0 aliphatic heterocycles. The lowest BCUT2D eigenvalue weighted by Crippen LogP contribution is -2.19. The van der Waals surface area contributed by atoms with Gasteiger partial charge in [-0.05, 0) is 42.2 Å². The van der Waals surface area contributed by atoms with E-state index in [1.165, 1.54) is 6.07 Å². The maximum absolute atomic E-state index is 12.3. The van der Waals surface area contributed by atoms with Crippen LogP contribution >= 0.6 is 0 Å². The molecule has 0 saturated heterocycles. The zero-order valence-electron chi connectivity index (χ0n) is 14.4. The molecule has 136 valence electrons. The van der Waals surface area contributed by atoms with Gasteiger partial charge in [0.15, 0.2) is 0 Å². The van der Waals surface area contributed by atoms with Crippen LogP contribution in [0.1, 0.15) is 46.0 Å². The topological polar surface area (TPSA) is 104 Å². The Hall–Kier alpha value is -3.15. The van der Waals surface area contributed by atoms with E-state index in [1.807, 2.05) is 6.92 Å². The highest BCUT2D eigenvalue weighted by molar-refractivity contribution is 6.00. The average molecular weight is 355 g/mol. The highest BCUT2D eigenvalue weighted by Crippen LogP contribution is 2.20. The summed E-state index contributed by atoms with van der Waals surface area (Å²) in [6, 6.07) is 12.9. The van der Waals surface area contributed by atoms with Crippen molar-refractivity contribution in [1.82, 2.24) is 0 Å².